The second-order valence-corrected chi connectivity index (χ2v) is 9.59. The molecule has 10 heteroatoms. The summed E-state index contributed by atoms with van der Waals surface area (Å²) >= 11 is 13.3. The Morgan fingerprint density at radius 1 is 1.00 bits per heavy atom. The molecule has 6 nitrogen and oxygen atoms in total. The highest BCUT2D eigenvalue weighted by Gasteiger charge is 2.15. The average molecular weight is 497 g/mol. The molecule has 0 aromatic heterocycles. The Morgan fingerprint density at radius 3 is 2.39 bits per heavy atom. The summed E-state index contributed by atoms with van der Waals surface area (Å²) in [5.74, 6) is 0.0428. The Labute approximate surface area is 195 Å². The van der Waals surface area contributed by atoms with E-state index in [9.17, 15) is 13.2 Å². The molecule has 1 amide bonds. The molecule has 0 fully saturated rings. The van der Waals surface area contributed by atoms with Gasteiger partial charge in [0.1, 0.15) is 5.75 Å². The average Bonchev–Trinajstić information content (AvgIpc) is 2.75. The lowest BCUT2D eigenvalue weighted by Gasteiger charge is -2.11. The zero-order chi connectivity index (χ0) is 22.4. The number of amides is 1. The molecule has 0 radical (unpaired) electrons. The van der Waals surface area contributed by atoms with Gasteiger partial charge < -0.3 is 10.1 Å². The van der Waals surface area contributed by atoms with E-state index in [0.29, 0.717) is 16.5 Å². The van der Waals surface area contributed by atoms with E-state index in [1.54, 1.807) is 0 Å². The van der Waals surface area contributed by atoms with Crippen molar-refractivity contribution in [1.29, 1.82) is 0 Å². The van der Waals surface area contributed by atoms with E-state index in [2.05, 4.69) is 10.0 Å². The summed E-state index contributed by atoms with van der Waals surface area (Å²) in [7, 11) is -3.83. The molecular formula is C21H18Cl2N2O4S2. The molecule has 3 aromatic carbocycles. The molecule has 2 N–H and O–H groups in total. The fourth-order valence-electron chi connectivity index (χ4n) is 2.57. The van der Waals surface area contributed by atoms with Crippen molar-refractivity contribution < 1.29 is 17.9 Å². The van der Waals surface area contributed by atoms with Crippen LogP contribution in [-0.4, -0.2) is 27.2 Å². The molecule has 0 saturated heterocycles. The van der Waals surface area contributed by atoms with Gasteiger partial charge in [-0.2, -0.15) is 0 Å². The Hall–Kier alpha value is -2.39. The number of anilines is 2. The number of hydrogen-bond donors (Lipinski definition) is 2. The zero-order valence-electron chi connectivity index (χ0n) is 16.3. The number of para-hydroxylation sites is 1. The van der Waals surface area contributed by atoms with E-state index in [4.69, 9.17) is 27.9 Å². The van der Waals surface area contributed by atoms with Gasteiger partial charge in [0.15, 0.2) is 6.61 Å². The van der Waals surface area contributed by atoms with Crippen LogP contribution >= 0.6 is 35.0 Å². The maximum Gasteiger partial charge on any atom is 0.262 e. The first-order chi connectivity index (χ1) is 14.8. The lowest BCUT2D eigenvalue weighted by atomic mass is 10.3. The molecule has 0 heterocycles. The molecule has 0 saturated carbocycles. The summed E-state index contributed by atoms with van der Waals surface area (Å²) in [4.78, 5) is 13.1. The summed E-state index contributed by atoms with van der Waals surface area (Å²) in [5, 5.41) is 3.36. The molecule has 0 aliphatic rings. The number of carbonyl (C=O) groups is 1. The van der Waals surface area contributed by atoms with Crippen LogP contribution in [0, 0.1) is 0 Å². The van der Waals surface area contributed by atoms with Crippen molar-refractivity contribution in [2.75, 3.05) is 22.9 Å². The van der Waals surface area contributed by atoms with Gasteiger partial charge in [0.05, 0.1) is 26.3 Å². The summed E-state index contributed by atoms with van der Waals surface area (Å²) in [5.41, 5.74) is 0.996. The monoisotopic (exact) mass is 496 g/mol. The van der Waals surface area contributed by atoms with Crippen molar-refractivity contribution in [3.8, 4) is 5.75 Å². The van der Waals surface area contributed by atoms with Gasteiger partial charge in [0.2, 0.25) is 0 Å². The highest BCUT2D eigenvalue weighted by molar-refractivity contribution is 7.98. The van der Waals surface area contributed by atoms with Gasteiger partial charge in [-0.3, -0.25) is 9.52 Å². The maximum atomic E-state index is 12.5. The minimum atomic E-state index is -3.83. The van der Waals surface area contributed by atoms with Crippen molar-refractivity contribution in [2.24, 2.45) is 0 Å². The number of sulfonamides is 1. The van der Waals surface area contributed by atoms with Gasteiger partial charge in [-0.25, -0.2) is 8.42 Å². The number of thioether (sulfide) groups is 1. The van der Waals surface area contributed by atoms with Crippen molar-refractivity contribution in [3.63, 3.8) is 0 Å². The van der Waals surface area contributed by atoms with Gasteiger partial charge >= 0.3 is 0 Å². The Balaban J connectivity index is 1.60. The molecule has 162 valence electrons. The molecule has 0 unspecified atom stereocenters. The van der Waals surface area contributed by atoms with Gasteiger partial charge in [-0.05, 0) is 60.9 Å². The van der Waals surface area contributed by atoms with Crippen LogP contribution in [0.3, 0.4) is 0 Å². The number of hydrogen-bond acceptors (Lipinski definition) is 5. The van der Waals surface area contributed by atoms with Crippen LogP contribution in [0.4, 0.5) is 11.4 Å². The van der Waals surface area contributed by atoms with Gasteiger partial charge in [0, 0.05) is 4.90 Å². The molecule has 0 bridgehead atoms. The standard InChI is InChI=1S/C21H18Cl2N2O4S2/c1-30-20-5-3-2-4-19(20)24-21(26)13-29-15-7-9-16(10-8-15)31(27,28)25-14-6-11-17(22)18(23)12-14/h2-12,25H,13H2,1H3,(H,24,26). The van der Waals surface area contributed by atoms with Crippen LogP contribution in [0.1, 0.15) is 0 Å². The van der Waals surface area contributed by atoms with Gasteiger partial charge in [-0.1, -0.05) is 35.3 Å². The number of carbonyl (C=O) groups excluding carboxylic acids is 1. The largest absolute Gasteiger partial charge is 0.484 e. The minimum absolute atomic E-state index is 0.0317. The number of benzene rings is 3. The molecule has 0 atom stereocenters. The van der Waals surface area contributed by atoms with Crippen molar-refractivity contribution in [2.45, 2.75) is 9.79 Å². The minimum Gasteiger partial charge on any atom is -0.484 e. The maximum absolute atomic E-state index is 12.5. The van der Waals surface area contributed by atoms with Crippen LogP contribution in [0.5, 0.6) is 5.75 Å². The summed E-state index contributed by atoms with van der Waals surface area (Å²) in [6, 6.07) is 17.6. The van der Waals surface area contributed by atoms with Crippen molar-refractivity contribution in [3.05, 3.63) is 76.8 Å². The van der Waals surface area contributed by atoms with E-state index in [1.807, 2.05) is 30.5 Å². The second kappa shape index (κ2) is 10.3. The zero-order valence-corrected chi connectivity index (χ0v) is 19.4. The van der Waals surface area contributed by atoms with Crippen LogP contribution in [0.2, 0.25) is 10.0 Å². The Bertz CT molecular complexity index is 1190. The first-order valence-corrected chi connectivity index (χ1v) is 12.4. The first kappa shape index (κ1) is 23.3. The second-order valence-electron chi connectivity index (χ2n) is 6.24. The third-order valence-electron chi connectivity index (χ3n) is 4.06. The summed E-state index contributed by atoms with van der Waals surface area (Å²) in [6.07, 6.45) is 1.92. The molecule has 3 rings (SSSR count). The molecule has 31 heavy (non-hydrogen) atoms. The van der Waals surface area contributed by atoms with E-state index in [0.717, 1.165) is 4.90 Å². The third kappa shape index (κ3) is 6.30. The predicted octanol–water partition coefficient (Wildman–Crippen LogP) is 5.53. The van der Waals surface area contributed by atoms with Crippen LogP contribution in [0.25, 0.3) is 0 Å². The predicted molar refractivity (Wildman–Crippen MR) is 126 cm³/mol. The molecule has 0 aliphatic heterocycles. The van der Waals surface area contributed by atoms with Gasteiger partial charge in [0.25, 0.3) is 15.9 Å². The topological polar surface area (TPSA) is 84.5 Å². The fraction of sp³-hybridized carbons (Fsp3) is 0.0952. The van der Waals surface area contributed by atoms with E-state index in [1.165, 1.54) is 54.2 Å². The summed E-state index contributed by atoms with van der Waals surface area (Å²) in [6.45, 7) is -0.212. The fourth-order valence-corrected chi connectivity index (χ4v) is 4.47. The quantitative estimate of drug-likeness (QED) is 0.400. The highest BCUT2D eigenvalue weighted by Crippen LogP contribution is 2.27. The van der Waals surface area contributed by atoms with Crippen LogP contribution in [0.15, 0.2) is 76.5 Å². The summed E-state index contributed by atoms with van der Waals surface area (Å²) < 4.78 is 33.0. The van der Waals surface area contributed by atoms with Crippen LogP contribution < -0.4 is 14.8 Å². The molecule has 0 spiro atoms. The number of rotatable bonds is 8. The smallest absolute Gasteiger partial charge is 0.262 e. The first-order valence-electron chi connectivity index (χ1n) is 8.92. The van der Waals surface area contributed by atoms with Gasteiger partial charge in [-0.15, -0.1) is 11.8 Å². The SMILES string of the molecule is CSc1ccccc1NC(=O)COc1ccc(S(=O)(=O)Nc2ccc(Cl)c(Cl)c2)cc1. The van der Waals surface area contributed by atoms with Crippen LogP contribution in [-0.2, 0) is 14.8 Å². The molecule has 3 aromatic rings. The Morgan fingerprint density at radius 2 is 1.71 bits per heavy atom. The van der Waals surface area contributed by atoms with E-state index < -0.39 is 10.0 Å². The Kier molecular flexibility index (Phi) is 7.72. The number of halogens is 2. The third-order valence-corrected chi connectivity index (χ3v) is 6.99. The normalized spacial score (nSPS) is 11.1. The lowest BCUT2D eigenvalue weighted by molar-refractivity contribution is -0.118. The highest BCUT2D eigenvalue weighted by atomic mass is 35.5. The van der Waals surface area contributed by atoms with Crippen molar-refractivity contribution in [1.82, 2.24) is 0 Å². The van der Waals surface area contributed by atoms with Crippen molar-refractivity contribution >= 4 is 62.3 Å². The number of ether oxygens (including phenoxy) is 1. The molecule has 0 aliphatic carbocycles. The van der Waals surface area contributed by atoms with E-state index >= 15 is 0 Å². The number of nitrogens with one attached hydrogen (secondary N) is 2. The lowest BCUT2D eigenvalue weighted by Crippen LogP contribution is -2.20. The molecular weight excluding hydrogens is 479 g/mol. The van der Waals surface area contributed by atoms with E-state index in [-0.39, 0.29) is 28.1 Å².